The van der Waals surface area contributed by atoms with Gasteiger partial charge in [-0.05, 0) is 24.1 Å². The van der Waals surface area contributed by atoms with E-state index < -0.39 is 29.3 Å². The van der Waals surface area contributed by atoms with Crippen LogP contribution in [0.2, 0.25) is 0 Å². The van der Waals surface area contributed by atoms with Crippen molar-refractivity contribution >= 4 is 5.97 Å². The Hall–Kier alpha value is -1.49. The molecule has 0 fully saturated rings. The molecule has 0 saturated heterocycles. The molecule has 0 aromatic heterocycles. The highest BCUT2D eigenvalue weighted by Crippen LogP contribution is 2.22. The van der Waals surface area contributed by atoms with Crippen molar-refractivity contribution in [3.8, 4) is 0 Å². The van der Waals surface area contributed by atoms with Gasteiger partial charge in [0.25, 0.3) is 0 Å². The lowest BCUT2D eigenvalue weighted by Crippen LogP contribution is -2.13. The first kappa shape index (κ1) is 11.6. The van der Waals surface area contributed by atoms with Gasteiger partial charge in [0.2, 0.25) is 0 Å². The van der Waals surface area contributed by atoms with Crippen LogP contribution in [0.3, 0.4) is 0 Å². The van der Waals surface area contributed by atoms with Crippen molar-refractivity contribution in [2.75, 3.05) is 0 Å². The SMILES string of the molecule is CCc1cc(F)c(F)c(C(O)C(=O)O)c1. The Morgan fingerprint density at radius 2 is 2.07 bits per heavy atom. The summed E-state index contributed by atoms with van der Waals surface area (Å²) in [5, 5.41) is 17.6. The summed E-state index contributed by atoms with van der Waals surface area (Å²) in [6, 6.07) is 2.13. The molecule has 15 heavy (non-hydrogen) atoms. The van der Waals surface area contributed by atoms with Crippen molar-refractivity contribution in [1.29, 1.82) is 0 Å². The maximum atomic E-state index is 13.1. The molecular formula is C10H10F2O3. The van der Waals surface area contributed by atoms with Gasteiger partial charge in [-0.1, -0.05) is 6.92 Å². The fourth-order valence-electron chi connectivity index (χ4n) is 1.20. The third-order valence-corrected chi connectivity index (χ3v) is 2.05. The highest BCUT2D eigenvalue weighted by molar-refractivity contribution is 5.74. The maximum absolute atomic E-state index is 13.1. The zero-order valence-electron chi connectivity index (χ0n) is 8.00. The Labute approximate surface area is 85.0 Å². The minimum Gasteiger partial charge on any atom is -0.479 e. The standard InChI is InChI=1S/C10H10F2O3/c1-2-5-3-6(9(13)10(14)15)8(12)7(11)4-5/h3-4,9,13H,2H2,1H3,(H,14,15). The number of carboxylic acid groups (broad SMARTS) is 1. The number of rotatable bonds is 3. The fourth-order valence-corrected chi connectivity index (χ4v) is 1.20. The second kappa shape index (κ2) is 4.35. The molecule has 0 aliphatic heterocycles. The van der Waals surface area contributed by atoms with E-state index in [2.05, 4.69) is 0 Å². The van der Waals surface area contributed by atoms with E-state index in [0.29, 0.717) is 12.0 Å². The fraction of sp³-hybridized carbons (Fsp3) is 0.300. The van der Waals surface area contributed by atoms with Crippen LogP contribution < -0.4 is 0 Å². The molecule has 0 spiro atoms. The Balaban J connectivity index is 3.27. The highest BCUT2D eigenvalue weighted by Gasteiger charge is 2.22. The van der Waals surface area contributed by atoms with Gasteiger partial charge >= 0.3 is 5.97 Å². The van der Waals surface area contributed by atoms with Crippen LogP contribution in [-0.4, -0.2) is 16.2 Å². The van der Waals surface area contributed by atoms with Crippen molar-refractivity contribution in [3.05, 3.63) is 34.9 Å². The van der Waals surface area contributed by atoms with Crippen molar-refractivity contribution in [2.45, 2.75) is 19.4 Å². The lowest BCUT2D eigenvalue weighted by molar-refractivity contribution is -0.147. The molecule has 0 amide bonds. The van der Waals surface area contributed by atoms with Gasteiger partial charge in [-0.2, -0.15) is 0 Å². The van der Waals surface area contributed by atoms with Gasteiger partial charge in [-0.15, -0.1) is 0 Å². The van der Waals surface area contributed by atoms with Gasteiger partial charge < -0.3 is 10.2 Å². The topological polar surface area (TPSA) is 57.5 Å². The molecule has 82 valence electrons. The van der Waals surface area contributed by atoms with Gasteiger partial charge in [-0.3, -0.25) is 0 Å². The number of benzene rings is 1. The third-order valence-electron chi connectivity index (χ3n) is 2.05. The second-order valence-corrected chi connectivity index (χ2v) is 3.08. The average molecular weight is 216 g/mol. The summed E-state index contributed by atoms with van der Waals surface area (Å²) in [5.41, 5.74) is -0.108. The van der Waals surface area contributed by atoms with Crippen LogP contribution in [0, 0.1) is 11.6 Å². The minimum absolute atomic E-state index is 0.427. The molecule has 1 rings (SSSR count). The molecule has 0 aliphatic carbocycles. The quantitative estimate of drug-likeness (QED) is 0.807. The van der Waals surface area contributed by atoms with Crippen LogP contribution in [-0.2, 0) is 11.2 Å². The van der Waals surface area contributed by atoms with Crippen molar-refractivity contribution in [3.63, 3.8) is 0 Å². The van der Waals surface area contributed by atoms with E-state index in [0.717, 1.165) is 12.1 Å². The molecule has 3 nitrogen and oxygen atoms in total. The zero-order chi connectivity index (χ0) is 11.6. The number of aliphatic carboxylic acids is 1. The molecule has 0 radical (unpaired) electrons. The first-order valence-electron chi connectivity index (χ1n) is 4.36. The normalized spacial score (nSPS) is 12.5. The Morgan fingerprint density at radius 3 is 2.53 bits per heavy atom. The number of carbonyl (C=O) groups is 1. The molecule has 0 saturated carbocycles. The van der Waals surface area contributed by atoms with Crippen LogP contribution >= 0.6 is 0 Å². The van der Waals surface area contributed by atoms with Crippen LogP contribution in [0.25, 0.3) is 0 Å². The summed E-state index contributed by atoms with van der Waals surface area (Å²) >= 11 is 0. The molecule has 1 aromatic carbocycles. The molecular weight excluding hydrogens is 206 g/mol. The zero-order valence-corrected chi connectivity index (χ0v) is 8.00. The van der Waals surface area contributed by atoms with Crippen LogP contribution in [0.4, 0.5) is 8.78 Å². The van der Waals surface area contributed by atoms with Crippen molar-refractivity contribution < 1.29 is 23.8 Å². The van der Waals surface area contributed by atoms with Gasteiger partial charge in [0.05, 0.1) is 0 Å². The van der Waals surface area contributed by atoms with Crippen molar-refractivity contribution in [2.24, 2.45) is 0 Å². The molecule has 5 heteroatoms. The Morgan fingerprint density at radius 1 is 1.47 bits per heavy atom. The molecule has 1 atom stereocenters. The van der Waals surface area contributed by atoms with E-state index in [1.54, 1.807) is 6.92 Å². The first-order chi connectivity index (χ1) is 6.97. The van der Waals surface area contributed by atoms with Crippen molar-refractivity contribution in [1.82, 2.24) is 0 Å². The van der Waals surface area contributed by atoms with E-state index in [4.69, 9.17) is 10.2 Å². The third kappa shape index (κ3) is 2.30. The molecule has 2 N–H and O–H groups in total. The molecule has 0 heterocycles. The van der Waals surface area contributed by atoms with E-state index in [-0.39, 0.29) is 0 Å². The second-order valence-electron chi connectivity index (χ2n) is 3.08. The van der Waals surface area contributed by atoms with Gasteiger partial charge in [0.15, 0.2) is 17.7 Å². The largest absolute Gasteiger partial charge is 0.479 e. The average Bonchev–Trinajstić information content (AvgIpc) is 2.20. The number of hydrogen-bond donors (Lipinski definition) is 2. The lowest BCUT2D eigenvalue weighted by atomic mass is 10.0. The Kier molecular flexibility index (Phi) is 3.36. The van der Waals surface area contributed by atoms with Gasteiger partial charge in [0, 0.05) is 5.56 Å². The van der Waals surface area contributed by atoms with Crippen LogP contribution in [0.1, 0.15) is 24.2 Å². The van der Waals surface area contributed by atoms with E-state index >= 15 is 0 Å². The molecule has 0 bridgehead atoms. The van der Waals surface area contributed by atoms with E-state index in [1.807, 2.05) is 0 Å². The number of aliphatic hydroxyl groups is 1. The Bertz CT molecular complexity index is 390. The van der Waals surface area contributed by atoms with E-state index in [1.165, 1.54) is 0 Å². The summed E-state index contributed by atoms with van der Waals surface area (Å²) < 4.78 is 26.1. The summed E-state index contributed by atoms with van der Waals surface area (Å²) in [5.74, 6) is -4.08. The molecule has 1 aromatic rings. The minimum atomic E-state index is -2.04. The summed E-state index contributed by atoms with van der Waals surface area (Å²) in [4.78, 5) is 10.4. The maximum Gasteiger partial charge on any atom is 0.337 e. The van der Waals surface area contributed by atoms with E-state index in [9.17, 15) is 13.6 Å². The van der Waals surface area contributed by atoms with Crippen LogP contribution in [0.15, 0.2) is 12.1 Å². The first-order valence-corrected chi connectivity index (χ1v) is 4.36. The number of aryl methyl sites for hydroxylation is 1. The predicted molar refractivity (Wildman–Crippen MR) is 48.3 cm³/mol. The monoisotopic (exact) mass is 216 g/mol. The summed E-state index contributed by atoms with van der Waals surface area (Å²) in [7, 11) is 0. The summed E-state index contributed by atoms with van der Waals surface area (Å²) in [6.45, 7) is 1.71. The predicted octanol–water partition coefficient (Wildman–Crippen LogP) is 1.65. The molecule has 1 unspecified atom stereocenters. The van der Waals surface area contributed by atoms with Gasteiger partial charge in [0.1, 0.15) is 0 Å². The smallest absolute Gasteiger partial charge is 0.337 e. The summed E-state index contributed by atoms with van der Waals surface area (Å²) in [6.07, 6.45) is -1.61. The number of halogens is 2. The highest BCUT2D eigenvalue weighted by atomic mass is 19.2. The lowest BCUT2D eigenvalue weighted by Gasteiger charge is -2.09. The number of carboxylic acids is 1. The van der Waals surface area contributed by atoms with Crippen LogP contribution in [0.5, 0.6) is 0 Å². The van der Waals surface area contributed by atoms with Gasteiger partial charge in [-0.25, -0.2) is 13.6 Å². The molecule has 0 aliphatic rings. The number of aliphatic hydroxyl groups excluding tert-OH is 1. The number of hydrogen-bond acceptors (Lipinski definition) is 2.